The SMILES string of the molecule is CC(=O)CN1CCN(C(=O)c2cc(Cl)cc(Cl)c2)[C@H](Cc2c[nH]c3ccccc23)C1. The smallest absolute Gasteiger partial charge is 0.254 e. The lowest BCUT2D eigenvalue weighted by atomic mass is 10.00. The number of hydrogen-bond donors (Lipinski definition) is 1. The van der Waals surface area contributed by atoms with Gasteiger partial charge in [0.1, 0.15) is 5.78 Å². The number of rotatable bonds is 5. The van der Waals surface area contributed by atoms with Crippen molar-refractivity contribution in [3.63, 3.8) is 0 Å². The Bertz CT molecular complexity index is 1070. The van der Waals surface area contributed by atoms with Gasteiger partial charge in [-0.15, -0.1) is 0 Å². The van der Waals surface area contributed by atoms with Crippen LogP contribution >= 0.6 is 23.2 Å². The maximum Gasteiger partial charge on any atom is 0.254 e. The molecule has 4 rings (SSSR count). The zero-order valence-electron chi connectivity index (χ0n) is 16.7. The van der Waals surface area contributed by atoms with Crippen molar-refractivity contribution in [2.24, 2.45) is 0 Å². The van der Waals surface area contributed by atoms with Gasteiger partial charge >= 0.3 is 0 Å². The van der Waals surface area contributed by atoms with Gasteiger partial charge in [-0.1, -0.05) is 41.4 Å². The van der Waals surface area contributed by atoms with Gasteiger partial charge in [-0.05, 0) is 43.2 Å². The predicted octanol–water partition coefficient (Wildman–Crippen LogP) is 4.43. The van der Waals surface area contributed by atoms with E-state index in [2.05, 4.69) is 16.0 Å². The molecular formula is C23H23Cl2N3O2. The summed E-state index contributed by atoms with van der Waals surface area (Å²) in [5, 5.41) is 2.03. The van der Waals surface area contributed by atoms with Crippen LogP contribution in [0, 0.1) is 0 Å². The van der Waals surface area contributed by atoms with Gasteiger partial charge in [0, 0.05) is 58.4 Å². The van der Waals surface area contributed by atoms with Crippen LogP contribution in [0.15, 0.2) is 48.7 Å². The molecule has 7 heteroatoms. The van der Waals surface area contributed by atoms with Crippen LogP contribution in [0.5, 0.6) is 0 Å². The van der Waals surface area contributed by atoms with E-state index < -0.39 is 0 Å². The third kappa shape index (κ3) is 4.53. The lowest BCUT2D eigenvalue weighted by Crippen LogP contribution is -2.56. The molecule has 1 aliphatic rings. The van der Waals surface area contributed by atoms with Crippen LogP contribution < -0.4 is 0 Å². The van der Waals surface area contributed by atoms with E-state index in [0.717, 1.165) is 16.5 Å². The fourth-order valence-electron chi connectivity index (χ4n) is 4.22. The quantitative estimate of drug-likeness (QED) is 0.634. The Labute approximate surface area is 185 Å². The summed E-state index contributed by atoms with van der Waals surface area (Å²) in [6.07, 6.45) is 2.70. The second-order valence-corrected chi connectivity index (χ2v) is 8.68. The number of hydrogen-bond acceptors (Lipinski definition) is 3. The van der Waals surface area contributed by atoms with Gasteiger partial charge in [0.05, 0.1) is 6.54 Å². The number of fused-ring (bicyclic) bond motifs is 1. The fraction of sp³-hybridized carbons (Fsp3) is 0.304. The summed E-state index contributed by atoms with van der Waals surface area (Å²) < 4.78 is 0. The Morgan fingerprint density at radius 2 is 1.83 bits per heavy atom. The number of aromatic amines is 1. The number of halogens is 2. The summed E-state index contributed by atoms with van der Waals surface area (Å²) in [4.78, 5) is 32.3. The molecule has 0 radical (unpaired) electrons. The highest BCUT2D eigenvalue weighted by Gasteiger charge is 2.32. The minimum Gasteiger partial charge on any atom is -0.361 e. The van der Waals surface area contributed by atoms with Crippen molar-refractivity contribution in [2.45, 2.75) is 19.4 Å². The Hall–Kier alpha value is -2.34. The first-order valence-corrected chi connectivity index (χ1v) is 10.7. The molecule has 0 bridgehead atoms. The second kappa shape index (κ2) is 8.80. The summed E-state index contributed by atoms with van der Waals surface area (Å²) in [5.41, 5.74) is 2.71. The normalized spacial score (nSPS) is 17.4. The summed E-state index contributed by atoms with van der Waals surface area (Å²) in [5.74, 6) is 0.0361. The minimum atomic E-state index is -0.0910. The molecule has 0 unspecified atom stereocenters. The molecule has 1 amide bonds. The molecule has 1 saturated heterocycles. The van der Waals surface area contributed by atoms with E-state index in [1.54, 1.807) is 25.1 Å². The molecule has 2 heterocycles. The molecule has 0 aliphatic carbocycles. The lowest BCUT2D eigenvalue weighted by Gasteiger charge is -2.41. The summed E-state index contributed by atoms with van der Waals surface area (Å²) >= 11 is 12.3. The van der Waals surface area contributed by atoms with E-state index >= 15 is 0 Å². The van der Waals surface area contributed by atoms with Crippen LogP contribution in [0.25, 0.3) is 10.9 Å². The Morgan fingerprint density at radius 1 is 1.10 bits per heavy atom. The van der Waals surface area contributed by atoms with Crippen molar-refractivity contribution in [1.29, 1.82) is 0 Å². The number of Topliss-reactive ketones (excluding diaryl/α,β-unsaturated/α-hetero) is 1. The van der Waals surface area contributed by atoms with Gasteiger partial charge < -0.3 is 9.88 Å². The summed E-state index contributed by atoms with van der Waals surface area (Å²) in [7, 11) is 0. The van der Waals surface area contributed by atoms with Gasteiger partial charge in [-0.25, -0.2) is 0 Å². The second-order valence-electron chi connectivity index (χ2n) is 7.81. The maximum absolute atomic E-state index is 13.4. The lowest BCUT2D eigenvalue weighted by molar-refractivity contribution is -0.118. The third-order valence-electron chi connectivity index (χ3n) is 5.51. The van der Waals surface area contributed by atoms with E-state index in [0.29, 0.717) is 48.2 Å². The van der Waals surface area contributed by atoms with E-state index in [4.69, 9.17) is 23.2 Å². The van der Waals surface area contributed by atoms with Crippen molar-refractivity contribution in [2.75, 3.05) is 26.2 Å². The zero-order chi connectivity index (χ0) is 21.3. The van der Waals surface area contributed by atoms with Gasteiger partial charge in [0.2, 0.25) is 0 Å². The average Bonchev–Trinajstić information content (AvgIpc) is 3.09. The predicted molar refractivity (Wildman–Crippen MR) is 120 cm³/mol. The van der Waals surface area contributed by atoms with Crippen LogP contribution in [-0.2, 0) is 11.2 Å². The van der Waals surface area contributed by atoms with Crippen LogP contribution in [0.2, 0.25) is 10.0 Å². The standard InChI is InChI=1S/C23H23Cl2N3O2/c1-15(29)13-27-6-7-28(23(30)16-8-18(24)11-19(25)9-16)20(14-27)10-17-12-26-22-5-3-2-4-21(17)22/h2-5,8-9,11-12,20,26H,6-7,10,13-14H2,1H3/t20-/m1/s1. The number of H-pyrrole nitrogens is 1. The largest absolute Gasteiger partial charge is 0.361 e. The molecule has 30 heavy (non-hydrogen) atoms. The number of nitrogens with zero attached hydrogens (tertiary/aromatic N) is 2. The van der Waals surface area contributed by atoms with Gasteiger partial charge in [0.25, 0.3) is 5.91 Å². The van der Waals surface area contributed by atoms with Gasteiger partial charge in [0.15, 0.2) is 0 Å². The zero-order valence-corrected chi connectivity index (χ0v) is 18.2. The van der Waals surface area contributed by atoms with Crippen molar-refractivity contribution in [3.05, 3.63) is 69.8 Å². The number of carbonyl (C=O) groups is 2. The van der Waals surface area contributed by atoms with Gasteiger partial charge in [-0.3, -0.25) is 14.5 Å². The minimum absolute atomic E-state index is 0.0671. The maximum atomic E-state index is 13.4. The molecule has 156 valence electrons. The van der Waals surface area contributed by atoms with Crippen molar-refractivity contribution >= 4 is 45.8 Å². The topological polar surface area (TPSA) is 56.4 Å². The van der Waals surface area contributed by atoms with Crippen molar-refractivity contribution in [1.82, 2.24) is 14.8 Å². The number of benzene rings is 2. The van der Waals surface area contributed by atoms with Crippen molar-refractivity contribution < 1.29 is 9.59 Å². The highest BCUT2D eigenvalue weighted by Crippen LogP contribution is 2.25. The summed E-state index contributed by atoms with van der Waals surface area (Å²) in [6.45, 7) is 3.84. The third-order valence-corrected chi connectivity index (χ3v) is 5.95. The van der Waals surface area contributed by atoms with Gasteiger partial charge in [-0.2, -0.15) is 0 Å². The molecule has 5 nitrogen and oxygen atoms in total. The van der Waals surface area contributed by atoms with Crippen LogP contribution in [0.3, 0.4) is 0 Å². The van der Waals surface area contributed by atoms with E-state index in [1.807, 2.05) is 29.3 Å². The van der Waals surface area contributed by atoms with Crippen LogP contribution in [-0.4, -0.2) is 58.7 Å². The van der Waals surface area contributed by atoms with E-state index in [-0.39, 0.29) is 17.7 Å². The highest BCUT2D eigenvalue weighted by atomic mass is 35.5. The Kier molecular flexibility index (Phi) is 6.14. The highest BCUT2D eigenvalue weighted by molar-refractivity contribution is 6.35. The first-order valence-electron chi connectivity index (χ1n) is 9.94. The Morgan fingerprint density at radius 3 is 2.57 bits per heavy atom. The fourth-order valence-corrected chi connectivity index (χ4v) is 4.74. The number of amides is 1. The molecule has 1 atom stereocenters. The van der Waals surface area contributed by atoms with E-state index in [9.17, 15) is 9.59 Å². The monoisotopic (exact) mass is 443 g/mol. The molecule has 1 aromatic heterocycles. The molecule has 3 aromatic rings. The molecule has 1 fully saturated rings. The number of nitrogens with one attached hydrogen (secondary N) is 1. The number of aromatic nitrogens is 1. The average molecular weight is 444 g/mol. The first kappa shape index (κ1) is 20.9. The number of carbonyl (C=O) groups excluding carboxylic acids is 2. The van der Waals surface area contributed by atoms with Crippen molar-refractivity contribution in [3.8, 4) is 0 Å². The number of para-hydroxylation sites is 1. The molecule has 0 saturated carbocycles. The molecule has 1 N–H and O–H groups in total. The number of ketones is 1. The van der Waals surface area contributed by atoms with E-state index in [1.165, 1.54) is 0 Å². The number of piperazine rings is 1. The molecule has 0 spiro atoms. The van der Waals surface area contributed by atoms with Crippen LogP contribution in [0.1, 0.15) is 22.8 Å². The first-order chi connectivity index (χ1) is 14.4. The Balaban J connectivity index is 1.63. The molecule has 1 aliphatic heterocycles. The molecular weight excluding hydrogens is 421 g/mol. The molecule has 2 aromatic carbocycles. The van der Waals surface area contributed by atoms with Crippen LogP contribution in [0.4, 0.5) is 0 Å². The summed E-state index contributed by atoms with van der Waals surface area (Å²) in [6, 6.07) is 13.0.